The van der Waals surface area contributed by atoms with Crippen LogP contribution in [0, 0.1) is 0 Å². The maximum absolute atomic E-state index is 10.9. The van der Waals surface area contributed by atoms with E-state index in [1.54, 1.807) is 6.08 Å². The van der Waals surface area contributed by atoms with Gasteiger partial charge in [-0.1, -0.05) is 38.1 Å². The van der Waals surface area contributed by atoms with Crippen LogP contribution in [0.25, 0.3) is 6.08 Å². The molecule has 0 spiro atoms. The van der Waals surface area contributed by atoms with Gasteiger partial charge in [0.05, 0.1) is 12.2 Å². The Hall–Kier alpha value is -1.61. The van der Waals surface area contributed by atoms with E-state index in [1.165, 1.54) is 12.7 Å². The van der Waals surface area contributed by atoms with Crippen LogP contribution in [-0.2, 0) is 9.53 Å². The van der Waals surface area contributed by atoms with Crippen LogP contribution in [0.3, 0.4) is 0 Å². The first-order chi connectivity index (χ1) is 8.04. The minimum atomic E-state index is -0.945. The van der Waals surface area contributed by atoms with Gasteiger partial charge >= 0.3 is 5.97 Å². The van der Waals surface area contributed by atoms with Crippen LogP contribution in [0.4, 0.5) is 0 Å². The topological polar surface area (TPSA) is 46.5 Å². The van der Waals surface area contributed by atoms with Crippen molar-refractivity contribution in [2.75, 3.05) is 13.7 Å². The summed E-state index contributed by atoms with van der Waals surface area (Å²) in [5, 5.41) is 8.96. The number of benzene rings is 1. The van der Waals surface area contributed by atoms with Gasteiger partial charge in [0.1, 0.15) is 0 Å². The van der Waals surface area contributed by atoms with Gasteiger partial charge in [-0.3, -0.25) is 0 Å². The zero-order valence-electron chi connectivity index (χ0n) is 10.4. The first-order valence-corrected chi connectivity index (χ1v) is 5.57. The van der Waals surface area contributed by atoms with E-state index >= 15 is 0 Å². The van der Waals surface area contributed by atoms with E-state index in [9.17, 15) is 4.79 Å². The summed E-state index contributed by atoms with van der Waals surface area (Å²) in [6, 6.07) is 7.88. The fourth-order valence-corrected chi connectivity index (χ4v) is 1.50. The van der Waals surface area contributed by atoms with Crippen molar-refractivity contribution in [3.63, 3.8) is 0 Å². The first kappa shape index (κ1) is 13.5. The molecule has 0 aliphatic rings. The van der Waals surface area contributed by atoms with Crippen LogP contribution in [0.15, 0.2) is 29.8 Å². The molecule has 3 heteroatoms. The van der Waals surface area contributed by atoms with E-state index in [0.29, 0.717) is 5.92 Å². The Kier molecular flexibility index (Phi) is 4.91. The number of rotatable bonds is 5. The molecule has 1 N–H and O–H groups in total. The normalized spacial score (nSPS) is 11.9. The first-order valence-electron chi connectivity index (χ1n) is 5.57. The van der Waals surface area contributed by atoms with Gasteiger partial charge in [0.15, 0.2) is 0 Å². The summed E-state index contributed by atoms with van der Waals surface area (Å²) in [6.45, 7) is 4.36. The molecule has 0 aromatic heterocycles. The Morgan fingerprint density at radius 1 is 1.35 bits per heavy atom. The average Bonchev–Trinajstić information content (AvgIpc) is 2.29. The van der Waals surface area contributed by atoms with Crippen molar-refractivity contribution in [2.24, 2.45) is 0 Å². The number of carboxylic acid groups (broad SMARTS) is 1. The van der Waals surface area contributed by atoms with Crippen molar-refractivity contribution in [1.82, 2.24) is 0 Å². The third-order valence-electron chi connectivity index (χ3n) is 2.52. The minimum Gasteiger partial charge on any atom is -0.478 e. The lowest BCUT2D eigenvalue weighted by Gasteiger charge is -2.05. The maximum Gasteiger partial charge on any atom is 0.333 e. The molecule has 0 amide bonds. The number of hydrogen-bond acceptors (Lipinski definition) is 2. The van der Waals surface area contributed by atoms with Gasteiger partial charge in [-0.15, -0.1) is 0 Å². The van der Waals surface area contributed by atoms with Gasteiger partial charge in [0, 0.05) is 7.11 Å². The molecule has 0 fully saturated rings. The Labute approximate surface area is 102 Å². The third-order valence-corrected chi connectivity index (χ3v) is 2.52. The van der Waals surface area contributed by atoms with Crippen molar-refractivity contribution < 1.29 is 14.6 Å². The highest BCUT2D eigenvalue weighted by molar-refractivity contribution is 5.92. The Morgan fingerprint density at radius 2 is 1.94 bits per heavy atom. The molecule has 0 aliphatic carbocycles. The molecule has 0 saturated carbocycles. The smallest absolute Gasteiger partial charge is 0.333 e. The lowest BCUT2D eigenvalue weighted by Crippen LogP contribution is -2.06. The zero-order valence-corrected chi connectivity index (χ0v) is 10.4. The molecule has 0 unspecified atom stereocenters. The van der Waals surface area contributed by atoms with Gasteiger partial charge in [-0.05, 0) is 23.1 Å². The van der Waals surface area contributed by atoms with E-state index in [4.69, 9.17) is 9.84 Å². The molecule has 0 heterocycles. The molecule has 0 aliphatic heterocycles. The Morgan fingerprint density at radius 3 is 2.35 bits per heavy atom. The van der Waals surface area contributed by atoms with E-state index in [-0.39, 0.29) is 12.2 Å². The predicted molar refractivity (Wildman–Crippen MR) is 68.0 cm³/mol. The summed E-state index contributed by atoms with van der Waals surface area (Å²) in [4.78, 5) is 10.9. The number of hydrogen-bond donors (Lipinski definition) is 1. The quantitative estimate of drug-likeness (QED) is 0.797. The minimum absolute atomic E-state index is 0.112. The molecule has 0 atom stereocenters. The molecule has 0 saturated heterocycles. The van der Waals surface area contributed by atoms with Crippen molar-refractivity contribution in [3.05, 3.63) is 41.0 Å². The second kappa shape index (κ2) is 6.21. The monoisotopic (exact) mass is 234 g/mol. The summed E-state index contributed by atoms with van der Waals surface area (Å²) in [5.41, 5.74) is 2.37. The number of aliphatic carboxylic acids is 1. The predicted octanol–water partition coefficient (Wildman–Crippen LogP) is 2.92. The van der Waals surface area contributed by atoms with Crippen LogP contribution in [0.5, 0.6) is 0 Å². The van der Waals surface area contributed by atoms with Crippen molar-refractivity contribution >= 4 is 12.0 Å². The molecular weight excluding hydrogens is 216 g/mol. The van der Waals surface area contributed by atoms with Crippen molar-refractivity contribution in [1.29, 1.82) is 0 Å². The third kappa shape index (κ3) is 4.04. The molecule has 3 nitrogen and oxygen atoms in total. The SMILES string of the molecule is COC/C(=C\c1ccc(C(C)C)cc1)C(=O)O. The molecule has 1 aromatic carbocycles. The lowest BCUT2D eigenvalue weighted by atomic mass is 10.0. The van der Waals surface area contributed by atoms with Crippen LogP contribution in [0.2, 0.25) is 0 Å². The summed E-state index contributed by atoms with van der Waals surface area (Å²) >= 11 is 0. The highest BCUT2D eigenvalue weighted by atomic mass is 16.5. The lowest BCUT2D eigenvalue weighted by molar-refractivity contribution is -0.133. The van der Waals surface area contributed by atoms with Crippen LogP contribution in [0.1, 0.15) is 30.9 Å². The molecule has 92 valence electrons. The van der Waals surface area contributed by atoms with Crippen molar-refractivity contribution in [3.8, 4) is 0 Å². The number of carboxylic acids is 1. The van der Waals surface area contributed by atoms with Gasteiger partial charge in [-0.25, -0.2) is 4.79 Å². The summed E-state index contributed by atoms with van der Waals surface area (Å²) in [6.07, 6.45) is 1.63. The fourth-order valence-electron chi connectivity index (χ4n) is 1.50. The van der Waals surface area contributed by atoms with E-state index in [0.717, 1.165) is 5.56 Å². The molecule has 17 heavy (non-hydrogen) atoms. The van der Waals surface area contributed by atoms with E-state index < -0.39 is 5.97 Å². The summed E-state index contributed by atoms with van der Waals surface area (Å²) in [5.74, 6) is -0.467. The highest BCUT2D eigenvalue weighted by Gasteiger charge is 2.06. The highest BCUT2D eigenvalue weighted by Crippen LogP contribution is 2.16. The molecule has 1 aromatic rings. The standard InChI is InChI=1S/C14H18O3/c1-10(2)12-6-4-11(5-7-12)8-13(9-17-3)14(15)16/h4-8,10H,9H2,1-3H3,(H,15,16)/b13-8+. The van der Waals surface area contributed by atoms with E-state index in [1.807, 2.05) is 24.3 Å². The average molecular weight is 234 g/mol. The maximum atomic E-state index is 10.9. The summed E-state index contributed by atoms with van der Waals surface area (Å²) < 4.78 is 4.85. The molecule has 0 radical (unpaired) electrons. The van der Waals surface area contributed by atoms with Crippen LogP contribution in [-0.4, -0.2) is 24.8 Å². The second-order valence-electron chi connectivity index (χ2n) is 4.23. The molecule has 1 rings (SSSR count). The van der Waals surface area contributed by atoms with E-state index in [2.05, 4.69) is 13.8 Å². The number of ether oxygens (including phenoxy) is 1. The zero-order chi connectivity index (χ0) is 12.8. The summed E-state index contributed by atoms with van der Waals surface area (Å²) in [7, 11) is 1.48. The van der Waals surface area contributed by atoms with Gasteiger partial charge in [0.2, 0.25) is 0 Å². The van der Waals surface area contributed by atoms with Gasteiger partial charge in [0.25, 0.3) is 0 Å². The number of methoxy groups -OCH3 is 1. The Bertz CT molecular complexity index is 402. The largest absolute Gasteiger partial charge is 0.478 e. The van der Waals surface area contributed by atoms with Gasteiger partial charge < -0.3 is 9.84 Å². The van der Waals surface area contributed by atoms with Crippen molar-refractivity contribution in [2.45, 2.75) is 19.8 Å². The van der Waals surface area contributed by atoms with Crippen LogP contribution >= 0.6 is 0 Å². The Balaban J connectivity index is 2.92. The number of carbonyl (C=O) groups is 1. The van der Waals surface area contributed by atoms with Crippen LogP contribution < -0.4 is 0 Å². The molecule has 0 bridgehead atoms. The molecular formula is C14H18O3. The fraction of sp³-hybridized carbons (Fsp3) is 0.357. The van der Waals surface area contributed by atoms with Gasteiger partial charge in [-0.2, -0.15) is 0 Å². The second-order valence-corrected chi connectivity index (χ2v) is 4.23.